The van der Waals surface area contributed by atoms with Gasteiger partial charge >= 0.3 is 17.9 Å². The molecule has 0 unspecified atom stereocenters. The Morgan fingerprint density at radius 1 is 0.545 bits per heavy atom. The molecule has 0 amide bonds. The maximum absolute atomic E-state index is 11.4. The molecule has 0 saturated carbocycles. The fourth-order valence-corrected chi connectivity index (χ4v) is 3.20. The van der Waals surface area contributed by atoms with Crippen LogP contribution >= 0.6 is 0 Å². The molecule has 1 aromatic carbocycles. The second-order valence-electron chi connectivity index (χ2n) is 6.98. The quantitative estimate of drug-likeness (QED) is 0.404. The molecule has 162 valence electrons. The van der Waals surface area contributed by atoms with Crippen molar-refractivity contribution in [3.8, 4) is 33.9 Å². The average Bonchev–Trinajstić information content (AvgIpc) is 2.84. The zero-order valence-electron chi connectivity index (χ0n) is 16.8. The van der Waals surface area contributed by atoms with Gasteiger partial charge in [-0.1, -0.05) is 12.1 Å². The number of aromatic carboxylic acids is 3. The smallest absolute Gasteiger partial charge is 0.335 e. The second-order valence-corrected chi connectivity index (χ2v) is 6.98. The number of pyridine rings is 3. The minimum Gasteiger partial charge on any atom is -0.478 e. The van der Waals surface area contributed by atoms with Crippen molar-refractivity contribution < 1.29 is 29.7 Å². The number of aromatic nitrogens is 3. The van der Waals surface area contributed by atoms with Crippen molar-refractivity contribution in [1.82, 2.24) is 15.0 Å². The van der Waals surface area contributed by atoms with Crippen molar-refractivity contribution >= 4 is 17.9 Å². The number of carboxylic acid groups (broad SMARTS) is 3. The van der Waals surface area contributed by atoms with Crippen LogP contribution in [0.3, 0.4) is 0 Å². The Kier molecular flexibility index (Phi) is 5.60. The van der Waals surface area contributed by atoms with E-state index in [1.54, 1.807) is 24.3 Å². The maximum atomic E-state index is 11.4. The number of benzene rings is 1. The summed E-state index contributed by atoms with van der Waals surface area (Å²) < 4.78 is 0. The third-order valence-corrected chi connectivity index (χ3v) is 4.81. The predicted octanol–water partition coefficient (Wildman–Crippen LogP) is 3.97. The molecule has 9 heteroatoms. The second kappa shape index (κ2) is 8.67. The summed E-state index contributed by atoms with van der Waals surface area (Å²) in [6, 6.07) is 15.0. The standard InChI is InChI=1S/C24H15N3O6/c28-22(29)14-3-1-2-13(8-14)17-11-20(18-9-15(23(30)31)4-6-25-18)27-21(12-17)19-10-16(24(32)33)5-7-26-19/h1-12H,(H,28,29)(H,30,31)(H,32,33). The predicted molar refractivity (Wildman–Crippen MR) is 117 cm³/mol. The summed E-state index contributed by atoms with van der Waals surface area (Å²) in [5.74, 6) is -3.34. The van der Waals surface area contributed by atoms with E-state index in [1.165, 1.54) is 48.8 Å². The zero-order valence-corrected chi connectivity index (χ0v) is 16.8. The van der Waals surface area contributed by atoms with Gasteiger partial charge in [-0.2, -0.15) is 0 Å². The molecular weight excluding hydrogens is 426 g/mol. The first kappa shape index (κ1) is 21.3. The Labute approximate surface area is 186 Å². The summed E-state index contributed by atoms with van der Waals surface area (Å²) in [4.78, 5) is 47.2. The van der Waals surface area contributed by atoms with Gasteiger partial charge in [0.15, 0.2) is 0 Å². The highest BCUT2D eigenvalue weighted by Crippen LogP contribution is 2.30. The van der Waals surface area contributed by atoms with Gasteiger partial charge in [-0.25, -0.2) is 19.4 Å². The molecule has 0 bridgehead atoms. The monoisotopic (exact) mass is 441 g/mol. The molecule has 33 heavy (non-hydrogen) atoms. The first-order chi connectivity index (χ1) is 15.8. The molecule has 3 N–H and O–H groups in total. The van der Waals surface area contributed by atoms with Gasteiger partial charge in [0.1, 0.15) is 0 Å². The van der Waals surface area contributed by atoms with Crippen LogP contribution in [0.5, 0.6) is 0 Å². The molecule has 4 rings (SSSR count). The van der Waals surface area contributed by atoms with Crippen LogP contribution in [0.1, 0.15) is 31.1 Å². The van der Waals surface area contributed by atoms with Gasteiger partial charge in [0.05, 0.1) is 39.5 Å². The molecule has 0 aliphatic heterocycles. The molecule has 0 atom stereocenters. The van der Waals surface area contributed by atoms with Crippen LogP contribution in [-0.4, -0.2) is 48.2 Å². The van der Waals surface area contributed by atoms with Crippen molar-refractivity contribution in [3.05, 3.63) is 89.7 Å². The van der Waals surface area contributed by atoms with Gasteiger partial charge in [-0.3, -0.25) is 9.97 Å². The van der Waals surface area contributed by atoms with Crippen LogP contribution in [0, 0.1) is 0 Å². The Bertz CT molecular complexity index is 1230. The van der Waals surface area contributed by atoms with Gasteiger partial charge in [-0.15, -0.1) is 0 Å². The van der Waals surface area contributed by atoms with Crippen LogP contribution in [-0.2, 0) is 0 Å². The van der Waals surface area contributed by atoms with E-state index in [-0.39, 0.29) is 28.1 Å². The van der Waals surface area contributed by atoms with Gasteiger partial charge in [0, 0.05) is 12.4 Å². The first-order valence-corrected chi connectivity index (χ1v) is 9.57. The molecule has 3 heterocycles. The van der Waals surface area contributed by atoms with Crippen LogP contribution in [0.4, 0.5) is 0 Å². The van der Waals surface area contributed by atoms with Gasteiger partial charge in [0.25, 0.3) is 0 Å². The van der Waals surface area contributed by atoms with E-state index in [0.717, 1.165) is 0 Å². The third kappa shape index (κ3) is 4.57. The number of rotatable bonds is 6. The number of carboxylic acids is 3. The summed E-state index contributed by atoms with van der Waals surface area (Å²) in [6.45, 7) is 0. The molecular formula is C24H15N3O6. The molecule has 0 spiro atoms. The van der Waals surface area contributed by atoms with Crippen molar-refractivity contribution in [2.45, 2.75) is 0 Å². The maximum Gasteiger partial charge on any atom is 0.335 e. The largest absolute Gasteiger partial charge is 0.478 e. The van der Waals surface area contributed by atoms with E-state index < -0.39 is 17.9 Å². The summed E-state index contributed by atoms with van der Waals surface area (Å²) in [5.41, 5.74) is 2.46. The lowest BCUT2D eigenvalue weighted by Crippen LogP contribution is -2.01. The van der Waals surface area contributed by atoms with Crippen molar-refractivity contribution in [3.63, 3.8) is 0 Å². The minimum atomic E-state index is -1.12. The highest BCUT2D eigenvalue weighted by atomic mass is 16.4. The van der Waals surface area contributed by atoms with Crippen LogP contribution in [0.25, 0.3) is 33.9 Å². The van der Waals surface area contributed by atoms with E-state index in [4.69, 9.17) is 0 Å². The Morgan fingerprint density at radius 2 is 1.03 bits per heavy atom. The van der Waals surface area contributed by atoms with Gasteiger partial charge < -0.3 is 15.3 Å². The van der Waals surface area contributed by atoms with E-state index in [2.05, 4.69) is 15.0 Å². The minimum absolute atomic E-state index is 0.0210. The summed E-state index contributed by atoms with van der Waals surface area (Å²) in [5, 5.41) is 28.0. The summed E-state index contributed by atoms with van der Waals surface area (Å²) >= 11 is 0. The molecule has 0 aliphatic carbocycles. The molecule has 9 nitrogen and oxygen atoms in total. The van der Waals surface area contributed by atoms with Crippen LogP contribution in [0.2, 0.25) is 0 Å². The average molecular weight is 441 g/mol. The van der Waals surface area contributed by atoms with Crippen molar-refractivity contribution in [1.29, 1.82) is 0 Å². The Hall–Kier alpha value is -4.92. The number of nitrogens with zero attached hydrogens (tertiary/aromatic N) is 3. The normalized spacial score (nSPS) is 10.5. The Balaban J connectivity index is 1.94. The molecule has 4 aromatic rings. The fourth-order valence-electron chi connectivity index (χ4n) is 3.20. The van der Waals surface area contributed by atoms with E-state index in [0.29, 0.717) is 22.5 Å². The van der Waals surface area contributed by atoms with Crippen LogP contribution in [0.15, 0.2) is 73.1 Å². The van der Waals surface area contributed by atoms with E-state index >= 15 is 0 Å². The fraction of sp³-hybridized carbons (Fsp3) is 0. The number of hydrogen-bond acceptors (Lipinski definition) is 6. The molecule has 3 aromatic heterocycles. The van der Waals surface area contributed by atoms with Crippen LogP contribution < -0.4 is 0 Å². The Morgan fingerprint density at radius 3 is 1.52 bits per heavy atom. The number of hydrogen-bond donors (Lipinski definition) is 3. The van der Waals surface area contributed by atoms with Gasteiger partial charge in [-0.05, 0) is 59.7 Å². The van der Waals surface area contributed by atoms with Crippen molar-refractivity contribution in [2.75, 3.05) is 0 Å². The lowest BCUT2D eigenvalue weighted by Gasteiger charge is -2.10. The zero-order chi connectivity index (χ0) is 23.5. The highest BCUT2D eigenvalue weighted by Gasteiger charge is 2.15. The topological polar surface area (TPSA) is 151 Å². The lowest BCUT2D eigenvalue weighted by molar-refractivity contribution is 0.0686. The molecule has 0 radical (unpaired) electrons. The summed E-state index contributed by atoms with van der Waals surface area (Å²) in [7, 11) is 0. The third-order valence-electron chi connectivity index (χ3n) is 4.81. The van der Waals surface area contributed by atoms with E-state index in [1.807, 2.05) is 0 Å². The first-order valence-electron chi connectivity index (χ1n) is 9.57. The van der Waals surface area contributed by atoms with E-state index in [9.17, 15) is 29.7 Å². The molecule has 0 saturated heterocycles. The van der Waals surface area contributed by atoms with Crippen molar-refractivity contribution in [2.24, 2.45) is 0 Å². The van der Waals surface area contributed by atoms with Gasteiger partial charge in [0.2, 0.25) is 0 Å². The summed E-state index contributed by atoms with van der Waals surface area (Å²) in [6.07, 6.45) is 2.70. The molecule has 0 fully saturated rings. The highest BCUT2D eigenvalue weighted by molar-refractivity contribution is 5.91. The lowest BCUT2D eigenvalue weighted by atomic mass is 10.00. The molecule has 0 aliphatic rings. The number of carbonyl (C=O) groups is 3. The SMILES string of the molecule is O=C(O)c1cccc(-c2cc(-c3cc(C(=O)O)ccn3)nc(-c3cc(C(=O)O)ccn3)c2)c1.